The number of carboxylic acids is 1. The zero-order valence-electron chi connectivity index (χ0n) is 74.5. The number of hydrogen-bond donors (Lipinski definition) is 6. The van der Waals surface area contributed by atoms with Crippen molar-refractivity contribution < 1.29 is 135 Å². The van der Waals surface area contributed by atoms with Gasteiger partial charge >= 0.3 is 63.5 Å². The number of halogens is 3. The number of amidine groups is 3. The molecule has 0 atom stereocenters. The van der Waals surface area contributed by atoms with E-state index in [0.717, 1.165) is 144 Å². The second kappa shape index (κ2) is 50.6. The van der Waals surface area contributed by atoms with Gasteiger partial charge in [0.15, 0.2) is 0 Å². The first-order chi connectivity index (χ1) is 57.7. The number of carbonyl (C=O) groups is 6. The topological polar surface area (TPSA) is 436 Å². The van der Waals surface area contributed by atoms with Gasteiger partial charge in [0.05, 0.1) is 36.8 Å². The molecule has 0 bridgehead atoms. The summed E-state index contributed by atoms with van der Waals surface area (Å²) in [7, 11) is -1.09. The van der Waals surface area contributed by atoms with Crippen molar-refractivity contribution in [3.63, 3.8) is 0 Å². The molecule has 39 heteroatoms. The fourth-order valence-corrected chi connectivity index (χ4v) is 19.6. The van der Waals surface area contributed by atoms with E-state index >= 15 is 0 Å². The number of hydrogen-bond acceptors (Lipinski definition) is 22. The number of nitrogens with one attached hydrogen (secondary N) is 4. The Morgan fingerprint density at radius 2 is 0.905 bits per heavy atom. The molecule has 3 saturated heterocycles. The minimum absolute atomic E-state index is 0. The number of carboxylic acid groups (broad SMARTS) is 1. The zero-order chi connectivity index (χ0) is 91.9. The Kier molecular flexibility index (Phi) is 45.5. The van der Waals surface area contributed by atoms with E-state index in [4.69, 9.17) is 83.1 Å². The molecule has 9 aliphatic rings. The Morgan fingerprint density at radius 1 is 0.611 bits per heavy atom. The Bertz CT molecular complexity index is 4800. The third kappa shape index (κ3) is 30.9. The molecule has 6 heterocycles. The maximum atomic E-state index is 13.2. The summed E-state index contributed by atoms with van der Waals surface area (Å²) in [4.78, 5) is 88.0. The molecule has 0 radical (unpaired) electrons. The number of amides is 6. The second-order valence-electron chi connectivity index (χ2n) is 33.4. The SMILES string of the molecule is C.C.C=CS(=O)(=O)N1CCC2(CC1)N=C(C1CCC(C)CC1)NC2=O.CC(=O)O.CNc1cc(C)c(/C=C/S(=O)(=O)N2CCC3(CC2)N=C(C2CCC(C)CC2)NC3=O)c(OC)c1.COc1cc(N(C)C(=O)OC(C)(C)C)cc(C)c1Br.COc1cc(N(C)C(N)=O)cc(C)c1/C=C/S(=O)(=O)N1CCC2(CC1)N=C(C1CCC(C)CC1)NC2=O.ClCCl.N#C[O-].[K+]. The van der Waals surface area contributed by atoms with Crippen LogP contribution in [0.25, 0.3) is 12.2 Å². The van der Waals surface area contributed by atoms with Gasteiger partial charge in [0.1, 0.15) is 57.0 Å². The van der Waals surface area contributed by atoms with Crippen LogP contribution in [-0.4, -0.2) is 206 Å². The molecular weight excluding hydrogens is 1820 g/mol. The molecule has 0 aromatic heterocycles. The molecule has 3 spiro atoms. The third-order valence-electron chi connectivity index (χ3n) is 23.6. The molecule has 6 amide bonds. The van der Waals surface area contributed by atoms with Crippen LogP contribution in [0.5, 0.6) is 17.2 Å². The average Bonchev–Trinajstić information content (AvgIpc) is 1.62. The number of nitrogens with two attached hydrogens (primary N) is 1. The number of methoxy groups -OCH3 is 3. The number of ether oxygens (including phenoxy) is 4. The standard InChI is InChI=1S/C26H37N5O5S.C25H36N4O4S.C16H25N3O3S.C14H20BrNO3.C2H4O2.CH2Cl2.CHNO.2CH4.K/c1-17-5-7-19(8-6-17)23-28-24(32)26(29-23)10-12-31(13-11-26)37(34,35)14-9-21-18(2)15-20(16-22(21)36-4)30(3)25(27)33;1-17-5-7-19(8-6-17)23-27-24(30)25(28-23)10-12-29(13-11-25)34(31,32)14-9-21-18(2)15-20(26-3)16-22(21)33-4;1-3-23(21,22)19-10-8-16(9-11-19)15(20)17-14(18-16)13-6-4-12(2)5-7-13;1-9-7-10(8-11(18-6)12(9)15)16(5)13(17)19-14(2,3)4;1-2(3)4;2*2-1-3;;;/h9,14-17,19H,5-8,10-13H2,1-4H3,(H2,27,33)(H,28,29,32);9,14-17,19,26H,5-8,10-13H2,1-4H3,(H,27,28,30);3,12-13H,1,4-11H2,2H3,(H,17,18,20);7-8H,1-6H3;1H3,(H,3,4);1H2;3H;2*1H4;/q;;;;;;;;;+1/p-1/b2*14-9+;;;;;;;;. The molecule has 12 rings (SSSR count). The van der Waals surface area contributed by atoms with E-state index in [1.165, 1.54) is 59.6 Å². The van der Waals surface area contributed by atoms with Crippen LogP contribution >= 0.6 is 39.1 Å². The minimum Gasteiger partial charge on any atom is -0.812 e. The Balaban J connectivity index is 0.000000425. The van der Waals surface area contributed by atoms with Gasteiger partial charge in [-0.15, -0.1) is 23.2 Å². The first-order valence-electron chi connectivity index (χ1n) is 41.2. The average molecular weight is 1950 g/mol. The molecule has 3 saturated carbocycles. The number of urea groups is 1. The van der Waals surface area contributed by atoms with Crippen molar-refractivity contribution in [2.24, 2.45) is 56.2 Å². The van der Waals surface area contributed by atoms with Crippen LogP contribution in [0.3, 0.4) is 0 Å². The Labute approximate surface area is 808 Å². The van der Waals surface area contributed by atoms with Crippen LogP contribution in [0.15, 0.2) is 78.7 Å². The fraction of sp³-hybridized carbons (Fsp3) is 0.609. The number of alkyl halides is 2. The van der Waals surface area contributed by atoms with Crippen LogP contribution < -0.4 is 108 Å². The number of aryl methyl sites for hydroxylation is 3. The number of aliphatic carboxylic acids is 1. The van der Waals surface area contributed by atoms with Crippen LogP contribution in [-0.2, 0) is 54.0 Å². The predicted octanol–water partition coefficient (Wildman–Crippen LogP) is 10.9. The number of nitrogens with zero attached hydrogens (tertiary/aromatic N) is 9. The minimum atomic E-state index is -3.73. The third-order valence-corrected chi connectivity index (χ3v) is 29.2. The van der Waals surface area contributed by atoms with Crippen molar-refractivity contribution in [3.8, 4) is 23.5 Å². The Hall–Kier alpha value is -6.77. The molecule has 126 heavy (non-hydrogen) atoms. The summed E-state index contributed by atoms with van der Waals surface area (Å²) in [6.45, 7) is 24.0. The summed E-state index contributed by atoms with van der Waals surface area (Å²) in [6.07, 6.45) is 18.9. The molecule has 0 unspecified atom stereocenters. The number of sulfonamides is 3. The van der Waals surface area contributed by atoms with Gasteiger partial charge in [-0.25, -0.2) is 40.1 Å². The number of rotatable bonds is 17. The van der Waals surface area contributed by atoms with Crippen LogP contribution in [0, 0.1) is 67.8 Å². The molecule has 7 N–H and O–H groups in total. The van der Waals surface area contributed by atoms with E-state index in [-0.39, 0.29) is 121 Å². The first kappa shape index (κ1) is 113. The maximum Gasteiger partial charge on any atom is 1.00 e. The van der Waals surface area contributed by atoms with E-state index in [2.05, 4.69) is 64.5 Å². The summed E-state index contributed by atoms with van der Waals surface area (Å²) < 4.78 is 103. The van der Waals surface area contributed by atoms with Gasteiger partial charge in [0.25, 0.3) is 23.7 Å². The second-order valence-corrected chi connectivity index (χ2v) is 40.5. The first-order valence-corrected chi connectivity index (χ1v) is 47.5. The largest absolute Gasteiger partial charge is 1.00 e. The van der Waals surface area contributed by atoms with Gasteiger partial charge in [-0.2, -0.15) is 12.9 Å². The van der Waals surface area contributed by atoms with Crippen molar-refractivity contribution in [3.05, 3.63) is 91.5 Å². The predicted molar refractivity (Wildman–Crippen MR) is 498 cm³/mol. The number of aliphatic imine (C=N–C) groups is 3. The summed E-state index contributed by atoms with van der Waals surface area (Å²) in [6, 6.07) is 10.2. The van der Waals surface area contributed by atoms with E-state index in [1.807, 2.05) is 59.9 Å². The number of benzene rings is 3. The zero-order valence-corrected chi connectivity index (χ0v) is 83.2. The van der Waals surface area contributed by atoms with Crippen LogP contribution in [0.2, 0.25) is 0 Å². The molecule has 3 aromatic rings. The number of nitriles is 1. The van der Waals surface area contributed by atoms with Gasteiger partial charge in [0.2, 0.25) is 30.1 Å². The molecule has 3 aromatic carbocycles. The van der Waals surface area contributed by atoms with Crippen molar-refractivity contribution in [1.29, 1.82) is 5.26 Å². The summed E-state index contributed by atoms with van der Waals surface area (Å²) in [5.41, 5.74) is 8.52. The molecule has 698 valence electrons. The van der Waals surface area contributed by atoms with Gasteiger partial charge < -0.3 is 56.2 Å². The summed E-state index contributed by atoms with van der Waals surface area (Å²) >= 11 is 13.0. The number of carbonyl (C=O) groups excluding carboxylic acids is 5. The number of anilines is 3. The molecule has 6 aliphatic heterocycles. The maximum absolute atomic E-state index is 13.2. The van der Waals surface area contributed by atoms with Crippen molar-refractivity contribution >= 4 is 152 Å². The quantitative estimate of drug-likeness (QED) is 0.0415. The molecule has 3 aliphatic carbocycles. The summed E-state index contributed by atoms with van der Waals surface area (Å²) in [5, 5.41) is 38.1. The van der Waals surface area contributed by atoms with E-state index < -0.39 is 70.4 Å². The van der Waals surface area contributed by atoms with Crippen molar-refractivity contribution in [1.82, 2.24) is 28.9 Å². The van der Waals surface area contributed by atoms with Crippen molar-refractivity contribution in [2.75, 3.05) is 102 Å². The fourth-order valence-electron chi connectivity index (χ4n) is 16.0. The smallest absolute Gasteiger partial charge is 0.812 e. The van der Waals surface area contributed by atoms with E-state index in [9.17, 15) is 49.2 Å². The normalized spacial score (nSPS) is 21.8. The molecule has 32 nitrogen and oxygen atoms in total. The Morgan fingerprint density at radius 3 is 1.21 bits per heavy atom. The van der Waals surface area contributed by atoms with Crippen LogP contribution in [0.4, 0.5) is 26.7 Å². The van der Waals surface area contributed by atoms with Crippen LogP contribution in [0.1, 0.15) is 207 Å². The number of piperidine rings is 3. The van der Waals surface area contributed by atoms with Gasteiger partial charge in [-0.3, -0.25) is 44.0 Å². The van der Waals surface area contributed by atoms with Gasteiger partial charge in [-0.1, -0.05) is 80.7 Å². The van der Waals surface area contributed by atoms with Crippen molar-refractivity contribution in [2.45, 2.75) is 222 Å². The molecular formula is C87H132BrCl2KN14O18S3. The van der Waals surface area contributed by atoms with Gasteiger partial charge in [0, 0.05) is 148 Å². The van der Waals surface area contributed by atoms with E-state index in [1.54, 1.807) is 59.5 Å². The van der Waals surface area contributed by atoms with E-state index in [0.29, 0.717) is 104 Å². The number of primary amides is 1. The monoisotopic (exact) mass is 1940 g/mol. The van der Waals surface area contributed by atoms with Gasteiger partial charge in [-0.05, 0) is 199 Å². The summed E-state index contributed by atoms with van der Waals surface area (Å²) in [5.74, 6) is 6.26. The molecule has 6 fully saturated rings.